The van der Waals surface area contributed by atoms with Gasteiger partial charge in [0.1, 0.15) is 5.60 Å². The number of aliphatic hydroxyl groups is 1. The molecule has 0 radical (unpaired) electrons. The molecule has 0 aromatic carbocycles. The molecule has 0 bridgehead atoms. The Kier molecular flexibility index (Phi) is 3.27. The second kappa shape index (κ2) is 4.42. The van der Waals surface area contributed by atoms with Gasteiger partial charge in [-0.05, 0) is 42.5 Å². The molecule has 0 aliphatic heterocycles. The summed E-state index contributed by atoms with van der Waals surface area (Å²) in [4.78, 5) is 11.8. The summed E-state index contributed by atoms with van der Waals surface area (Å²) in [7, 11) is 0. The SMILES string of the molecule is CC1CCC(O)(c2sccc2C(=O)O)C(C)C1. The molecule has 1 heterocycles. The maximum absolute atomic E-state index is 11.1. The Balaban J connectivity index is 2.37. The molecule has 1 aliphatic carbocycles. The Morgan fingerprint density at radius 1 is 1.53 bits per heavy atom. The van der Waals surface area contributed by atoms with Gasteiger partial charge in [0.05, 0.1) is 10.4 Å². The van der Waals surface area contributed by atoms with Crippen molar-refractivity contribution in [2.75, 3.05) is 0 Å². The highest BCUT2D eigenvalue weighted by molar-refractivity contribution is 7.10. The zero-order valence-corrected chi connectivity index (χ0v) is 11.0. The first-order valence-electron chi connectivity index (χ1n) is 5.98. The third-order valence-electron chi connectivity index (χ3n) is 3.88. The number of hydrogen-bond donors (Lipinski definition) is 2. The van der Waals surface area contributed by atoms with Crippen molar-refractivity contribution < 1.29 is 15.0 Å². The minimum absolute atomic E-state index is 0.114. The van der Waals surface area contributed by atoms with Crippen LogP contribution in [0.3, 0.4) is 0 Å². The fraction of sp³-hybridized carbons (Fsp3) is 0.615. The minimum Gasteiger partial charge on any atom is -0.478 e. The molecular weight excluding hydrogens is 236 g/mol. The van der Waals surface area contributed by atoms with Gasteiger partial charge in [0.25, 0.3) is 0 Å². The molecule has 2 N–H and O–H groups in total. The normalized spacial score (nSPS) is 33.6. The molecular formula is C13H18O3S. The Labute approximate surface area is 105 Å². The summed E-state index contributed by atoms with van der Waals surface area (Å²) < 4.78 is 0. The highest BCUT2D eigenvalue weighted by atomic mass is 32.1. The molecule has 3 atom stereocenters. The van der Waals surface area contributed by atoms with Crippen LogP contribution < -0.4 is 0 Å². The highest BCUT2D eigenvalue weighted by Crippen LogP contribution is 2.46. The Hall–Kier alpha value is -0.870. The molecule has 3 unspecified atom stereocenters. The number of thiophene rings is 1. The van der Waals surface area contributed by atoms with Crippen LogP contribution in [0.25, 0.3) is 0 Å². The molecule has 1 saturated carbocycles. The standard InChI is InChI=1S/C13H18O3S/c1-8-3-5-13(16,9(2)7-8)11-10(12(14)15)4-6-17-11/h4,6,8-9,16H,3,5,7H2,1-2H3,(H,14,15). The van der Waals surface area contributed by atoms with Gasteiger partial charge in [-0.1, -0.05) is 13.8 Å². The number of hydrogen-bond acceptors (Lipinski definition) is 3. The summed E-state index contributed by atoms with van der Waals surface area (Å²) in [6.07, 6.45) is 2.57. The second-order valence-electron chi connectivity index (χ2n) is 5.17. The van der Waals surface area contributed by atoms with Gasteiger partial charge in [0.2, 0.25) is 0 Å². The van der Waals surface area contributed by atoms with Gasteiger partial charge in [-0.3, -0.25) is 0 Å². The van der Waals surface area contributed by atoms with Gasteiger partial charge in [-0.15, -0.1) is 11.3 Å². The zero-order chi connectivity index (χ0) is 12.6. The summed E-state index contributed by atoms with van der Waals surface area (Å²) in [6, 6.07) is 1.59. The van der Waals surface area contributed by atoms with Crippen LogP contribution in [-0.4, -0.2) is 16.2 Å². The lowest BCUT2D eigenvalue weighted by Crippen LogP contribution is -2.38. The van der Waals surface area contributed by atoms with Crippen molar-refractivity contribution in [2.24, 2.45) is 11.8 Å². The first kappa shape index (κ1) is 12.6. The van der Waals surface area contributed by atoms with E-state index in [4.69, 9.17) is 5.11 Å². The van der Waals surface area contributed by atoms with E-state index in [2.05, 4.69) is 6.92 Å². The Bertz CT molecular complexity index is 426. The molecule has 1 aromatic rings. The van der Waals surface area contributed by atoms with E-state index in [1.807, 2.05) is 6.92 Å². The third-order valence-corrected chi connectivity index (χ3v) is 4.96. The molecule has 17 heavy (non-hydrogen) atoms. The summed E-state index contributed by atoms with van der Waals surface area (Å²) in [5.41, 5.74) is -0.687. The molecule has 1 fully saturated rings. The van der Waals surface area contributed by atoms with E-state index >= 15 is 0 Å². The molecule has 0 amide bonds. The average molecular weight is 254 g/mol. The molecule has 1 aliphatic rings. The maximum atomic E-state index is 11.1. The number of carboxylic acids is 1. The lowest BCUT2D eigenvalue weighted by Gasteiger charge is -2.40. The van der Waals surface area contributed by atoms with Crippen LogP contribution in [0.15, 0.2) is 11.4 Å². The summed E-state index contributed by atoms with van der Waals surface area (Å²) in [5, 5.41) is 21.7. The monoisotopic (exact) mass is 254 g/mol. The van der Waals surface area contributed by atoms with Crippen molar-refractivity contribution in [1.82, 2.24) is 0 Å². The molecule has 2 rings (SSSR count). The van der Waals surface area contributed by atoms with E-state index in [0.29, 0.717) is 17.2 Å². The number of rotatable bonds is 2. The average Bonchev–Trinajstić information content (AvgIpc) is 2.73. The van der Waals surface area contributed by atoms with E-state index in [1.165, 1.54) is 11.3 Å². The van der Waals surface area contributed by atoms with E-state index in [0.717, 1.165) is 12.8 Å². The van der Waals surface area contributed by atoms with Gasteiger partial charge in [0.15, 0.2) is 0 Å². The van der Waals surface area contributed by atoms with Crippen molar-refractivity contribution in [3.05, 3.63) is 21.9 Å². The molecule has 4 heteroatoms. The van der Waals surface area contributed by atoms with Crippen LogP contribution in [0.2, 0.25) is 0 Å². The van der Waals surface area contributed by atoms with E-state index in [-0.39, 0.29) is 11.5 Å². The number of carboxylic acid groups (broad SMARTS) is 1. The maximum Gasteiger partial charge on any atom is 0.336 e. The molecule has 94 valence electrons. The minimum atomic E-state index is -0.950. The summed E-state index contributed by atoms with van der Waals surface area (Å²) in [6.45, 7) is 4.20. The van der Waals surface area contributed by atoms with Crippen LogP contribution in [0.4, 0.5) is 0 Å². The van der Waals surface area contributed by atoms with Gasteiger partial charge in [0, 0.05) is 0 Å². The van der Waals surface area contributed by atoms with Crippen molar-refractivity contribution in [3.8, 4) is 0 Å². The van der Waals surface area contributed by atoms with Gasteiger partial charge < -0.3 is 10.2 Å². The largest absolute Gasteiger partial charge is 0.478 e. The van der Waals surface area contributed by atoms with Crippen LogP contribution in [0.5, 0.6) is 0 Å². The smallest absolute Gasteiger partial charge is 0.336 e. The Morgan fingerprint density at radius 2 is 2.24 bits per heavy atom. The van der Waals surface area contributed by atoms with Crippen molar-refractivity contribution >= 4 is 17.3 Å². The van der Waals surface area contributed by atoms with E-state index in [9.17, 15) is 9.90 Å². The number of carbonyl (C=O) groups is 1. The predicted octanol–water partition coefficient (Wildman–Crippen LogP) is 3.09. The van der Waals surface area contributed by atoms with Crippen LogP contribution in [-0.2, 0) is 5.60 Å². The third kappa shape index (κ3) is 2.11. The highest BCUT2D eigenvalue weighted by Gasteiger charge is 2.42. The predicted molar refractivity (Wildman–Crippen MR) is 67.4 cm³/mol. The molecule has 1 aromatic heterocycles. The zero-order valence-electron chi connectivity index (χ0n) is 10.1. The first-order chi connectivity index (χ1) is 7.95. The van der Waals surface area contributed by atoms with Crippen molar-refractivity contribution in [2.45, 2.75) is 38.7 Å². The van der Waals surface area contributed by atoms with E-state index < -0.39 is 11.6 Å². The fourth-order valence-electron chi connectivity index (χ4n) is 2.78. The van der Waals surface area contributed by atoms with Crippen LogP contribution >= 0.6 is 11.3 Å². The van der Waals surface area contributed by atoms with Gasteiger partial charge in [-0.2, -0.15) is 0 Å². The quantitative estimate of drug-likeness (QED) is 0.852. The molecule has 0 spiro atoms. The van der Waals surface area contributed by atoms with Gasteiger partial charge >= 0.3 is 5.97 Å². The second-order valence-corrected chi connectivity index (χ2v) is 6.09. The van der Waals surface area contributed by atoms with Crippen molar-refractivity contribution in [1.29, 1.82) is 0 Å². The van der Waals surface area contributed by atoms with Gasteiger partial charge in [-0.25, -0.2) is 4.79 Å². The van der Waals surface area contributed by atoms with Crippen LogP contribution in [0, 0.1) is 11.8 Å². The summed E-state index contributed by atoms with van der Waals surface area (Å²) in [5.74, 6) is -0.220. The lowest BCUT2D eigenvalue weighted by molar-refractivity contribution is -0.0563. The Morgan fingerprint density at radius 3 is 2.82 bits per heavy atom. The van der Waals surface area contributed by atoms with E-state index in [1.54, 1.807) is 11.4 Å². The topological polar surface area (TPSA) is 57.5 Å². The van der Waals surface area contributed by atoms with Crippen molar-refractivity contribution in [3.63, 3.8) is 0 Å². The fourth-order valence-corrected chi connectivity index (χ4v) is 3.91. The molecule has 0 saturated heterocycles. The molecule has 3 nitrogen and oxygen atoms in total. The summed E-state index contributed by atoms with van der Waals surface area (Å²) >= 11 is 1.36. The first-order valence-corrected chi connectivity index (χ1v) is 6.86. The number of aromatic carboxylic acids is 1. The van der Waals surface area contributed by atoms with Crippen LogP contribution in [0.1, 0.15) is 48.3 Å². The lowest BCUT2D eigenvalue weighted by atomic mass is 9.71.